The van der Waals surface area contributed by atoms with E-state index in [2.05, 4.69) is 33.7 Å². The molecular formula is C11H14N4S. The number of benzene rings is 1. The number of fused-ring (bicyclic) bond motifs is 1. The highest BCUT2D eigenvalue weighted by molar-refractivity contribution is 7.98. The molecule has 2 rings (SSSR count). The van der Waals surface area contributed by atoms with Gasteiger partial charge >= 0.3 is 0 Å². The zero-order chi connectivity index (χ0) is 11.4. The van der Waals surface area contributed by atoms with Gasteiger partial charge in [0, 0.05) is 11.8 Å². The summed E-state index contributed by atoms with van der Waals surface area (Å²) in [5.74, 6) is 1.62. The van der Waals surface area contributed by atoms with Crippen LogP contribution in [0.25, 0.3) is 11.0 Å². The number of nitrogens with one attached hydrogen (secondary N) is 1. The lowest BCUT2D eigenvalue weighted by Gasteiger charge is -2.11. The summed E-state index contributed by atoms with van der Waals surface area (Å²) in [6, 6.07) is 8.07. The van der Waals surface area contributed by atoms with Crippen molar-refractivity contribution < 1.29 is 0 Å². The first-order valence-corrected chi connectivity index (χ1v) is 6.54. The Morgan fingerprint density at radius 1 is 1.25 bits per heavy atom. The number of hydrogen-bond donors (Lipinski definition) is 1. The molecule has 1 aromatic carbocycles. The molecule has 0 aliphatic rings. The summed E-state index contributed by atoms with van der Waals surface area (Å²) in [7, 11) is 0. The smallest absolute Gasteiger partial charge is 0.243 e. The number of aromatic nitrogens is 3. The molecule has 5 heteroatoms. The van der Waals surface area contributed by atoms with Crippen molar-refractivity contribution in [3.05, 3.63) is 24.3 Å². The number of rotatable bonds is 4. The Morgan fingerprint density at radius 3 is 2.75 bits per heavy atom. The van der Waals surface area contributed by atoms with Crippen LogP contribution in [0.3, 0.4) is 0 Å². The molecule has 0 spiro atoms. The Morgan fingerprint density at radius 2 is 2.00 bits per heavy atom. The van der Waals surface area contributed by atoms with E-state index in [0.29, 0.717) is 12.0 Å². The summed E-state index contributed by atoms with van der Waals surface area (Å²) in [6.07, 6.45) is 2.08. The zero-order valence-corrected chi connectivity index (χ0v) is 10.2. The third-order valence-corrected chi connectivity index (χ3v) is 2.99. The van der Waals surface area contributed by atoms with E-state index >= 15 is 0 Å². The van der Waals surface area contributed by atoms with Crippen LogP contribution >= 0.6 is 11.8 Å². The van der Waals surface area contributed by atoms with Crippen molar-refractivity contribution in [3.63, 3.8) is 0 Å². The first-order valence-electron chi connectivity index (χ1n) is 5.14. The molecule has 2 aromatic rings. The van der Waals surface area contributed by atoms with Gasteiger partial charge in [0.2, 0.25) is 5.95 Å². The summed E-state index contributed by atoms with van der Waals surface area (Å²) in [6.45, 7) is 2.11. The third-order valence-electron chi connectivity index (χ3n) is 2.15. The van der Waals surface area contributed by atoms with Crippen molar-refractivity contribution in [1.82, 2.24) is 15.2 Å². The van der Waals surface area contributed by atoms with Crippen molar-refractivity contribution in [2.24, 2.45) is 0 Å². The molecule has 0 saturated heterocycles. The lowest BCUT2D eigenvalue weighted by atomic mass is 10.3. The van der Waals surface area contributed by atoms with Crippen LogP contribution in [0.15, 0.2) is 24.3 Å². The first kappa shape index (κ1) is 11.1. The predicted octanol–water partition coefficient (Wildman–Crippen LogP) is 2.19. The Balaban J connectivity index is 2.19. The molecule has 0 fully saturated rings. The maximum Gasteiger partial charge on any atom is 0.243 e. The van der Waals surface area contributed by atoms with Crippen molar-refractivity contribution >= 4 is 28.7 Å². The molecular weight excluding hydrogens is 220 g/mol. The van der Waals surface area contributed by atoms with E-state index in [1.165, 1.54) is 0 Å². The highest BCUT2D eigenvalue weighted by atomic mass is 32.2. The number of hydrogen-bond acceptors (Lipinski definition) is 5. The lowest BCUT2D eigenvalue weighted by Crippen LogP contribution is -2.19. The summed E-state index contributed by atoms with van der Waals surface area (Å²) in [4.78, 5) is 4.40. The van der Waals surface area contributed by atoms with E-state index in [1.807, 2.05) is 24.3 Å². The van der Waals surface area contributed by atoms with E-state index in [9.17, 15) is 0 Å². The summed E-state index contributed by atoms with van der Waals surface area (Å²) in [5, 5.41) is 11.4. The molecule has 0 bridgehead atoms. The molecule has 0 aliphatic carbocycles. The second-order valence-electron chi connectivity index (χ2n) is 3.62. The van der Waals surface area contributed by atoms with E-state index in [0.717, 1.165) is 16.8 Å². The van der Waals surface area contributed by atoms with Gasteiger partial charge in [-0.05, 0) is 25.3 Å². The third kappa shape index (κ3) is 2.61. The Hall–Kier alpha value is -1.36. The average molecular weight is 234 g/mol. The normalized spacial score (nSPS) is 12.6. The number of anilines is 1. The largest absolute Gasteiger partial charge is 0.350 e. The summed E-state index contributed by atoms with van der Waals surface area (Å²) < 4.78 is 0. The van der Waals surface area contributed by atoms with Gasteiger partial charge in [-0.25, -0.2) is 4.98 Å². The molecule has 0 saturated carbocycles. The maximum atomic E-state index is 4.40. The fourth-order valence-electron chi connectivity index (χ4n) is 1.45. The van der Waals surface area contributed by atoms with Crippen LogP contribution < -0.4 is 5.32 Å². The van der Waals surface area contributed by atoms with Gasteiger partial charge in [-0.15, -0.1) is 10.2 Å². The van der Waals surface area contributed by atoms with Crippen LogP contribution in [0, 0.1) is 0 Å². The maximum absolute atomic E-state index is 4.40. The minimum Gasteiger partial charge on any atom is -0.350 e. The standard InChI is InChI=1S/C11H14N4S/c1-8(7-16-2)12-11-13-9-5-3-4-6-10(9)14-15-11/h3-6,8H,7H2,1-2H3,(H,12,13,15). The second-order valence-corrected chi connectivity index (χ2v) is 4.54. The van der Waals surface area contributed by atoms with E-state index in [4.69, 9.17) is 0 Å². The fourth-order valence-corrected chi connectivity index (χ4v) is 2.04. The highest BCUT2D eigenvalue weighted by Crippen LogP contribution is 2.10. The van der Waals surface area contributed by atoms with Crippen molar-refractivity contribution in [2.45, 2.75) is 13.0 Å². The topological polar surface area (TPSA) is 50.7 Å². The average Bonchev–Trinajstić information content (AvgIpc) is 2.29. The van der Waals surface area contributed by atoms with E-state index in [1.54, 1.807) is 11.8 Å². The van der Waals surface area contributed by atoms with Crippen molar-refractivity contribution in [1.29, 1.82) is 0 Å². The van der Waals surface area contributed by atoms with Crippen LogP contribution in [-0.2, 0) is 0 Å². The Bertz CT molecular complexity index is 474. The molecule has 1 heterocycles. The quantitative estimate of drug-likeness (QED) is 0.878. The lowest BCUT2D eigenvalue weighted by molar-refractivity contribution is 0.873. The molecule has 1 unspecified atom stereocenters. The van der Waals surface area contributed by atoms with Crippen LogP contribution in [0.5, 0.6) is 0 Å². The second kappa shape index (κ2) is 5.12. The van der Waals surface area contributed by atoms with Gasteiger partial charge < -0.3 is 5.32 Å². The molecule has 0 aliphatic heterocycles. The van der Waals surface area contributed by atoms with E-state index in [-0.39, 0.29) is 0 Å². The monoisotopic (exact) mass is 234 g/mol. The SMILES string of the molecule is CSCC(C)Nc1nnc2ccccc2n1. The van der Waals surface area contributed by atoms with Crippen molar-refractivity contribution in [3.8, 4) is 0 Å². The molecule has 4 nitrogen and oxygen atoms in total. The summed E-state index contributed by atoms with van der Waals surface area (Å²) in [5.41, 5.74) is 1.70. The van der Waals surface area contributed by atoms with Gasteiger partial charge in [0.05, 0.1) is 5.52 Å². The zero-order valence-electron chi connectivity index (χ0n) is 9.34. The molecule has 84 valence electrons. The van der Waals surface area contributed by atoms with Gasteiger partial charge in [-0.1, -0.05) is 12.1 Å². The van der Waals surface area contributed by atoms with Crippen LogP contribution in [0.2, 0.25) is 0 Å². The summed E-state index contributed by atoms with van der Waals surface area (Å²) >= 11 is 1.79. The van der Waals surface area contributed by atoms with Crippen molar-refractivity contribution in [2.75, 3.05) is 17.3 Å². The van der Waals surface area contributed by atoms with Gasteiger partial charge in [-0.2, -0.15) is 11.8 Å². The molecule has 1 aromatic heterocycles. The Labute approximate surface area is 98.9 Å². The van der Waals surface area contributed by atoms with Crippen LogP contribution in [-0.4, -0.2) is 33.2 Å². The molecule has 1 atom stereocenters. The molecule has 0 amide bonds. The van der Waals surface area contributed by atoms with Crippen LogP contribution in [0.1, 0.15) is 6.92 Å². The van der Waals surface area contributed by atoms with Crippen LogP contribution in [0.4, 0.5) is 5.95 Å². The van der Waals surface area contributed by atoms with Gasteiger partial charge in [0.25, 0.3) is 0 Å². The Kier molecular flexibility index (Phi) is 3.56. The highest BCUT2D eigenvalue weighted by Gasteiger charge is 2.04. The molecule has 16 heavy (non-hydrogen) atoms. The van der Waals surface area contributed by atoms with Gasteiger partial charge in [0.1, 0.15) is 5.52 Å². The molecule has 1 N–H and O–H groups in total. The first-order chi connectivity index (χ1) is 7.79. The number of para-hydroxylation sites is 1. The number of nitrogens with zero attached hydrogens (tertiary/aromatic N) is 3. The van der Waals surface area contributed by atoms with E-state index < -0.39 is 0 Å². The molecule has 0 radical (unpaired) electrons. The van der Waals surface area contributed by atoms with Gasteiger partial charge in [0.15, 0.2) is 0 Å². The predicted molar refractivity (Wildman–Crippen MR) is 68.8 cm³/mol. The minimum atomic E-state index is 0.345. The minimum absolute atomic E-state index is 0.345. The van der Waals surface area contributed by atoms with Gasteiger partial charge in [-0.3, -0.25) is 0 Å². The number of thioether (sulfide) groups is 1. The fraction of sp³-hybridized carbons (Fsp3) is 0.364.